The summed E-state index contributed by atoms with van der Waals surface area (Å²) < 4.78 is 9.99. The second-order valence-corrected chi connectivity index (χ2v) is 4.11. The zero-order valence-electron chi connectivity index (χ0n) is 11.7. The van der Waals surface area contributed by atoms with Gasteiger partial charge in [0.2, 0.25) is 0 Å². The molecule has 1 aromatic carbocycles. The zero-order chi connectivity index (χ0) is 15.1. The van der Waals surface area contributed by atoms with E-state index in [-0.39, 0.29) is 0 Å². The second kappa shape index (κ2) is 7.33. The van der Waals surface area contributed by atoms with Crippen LogP contribution >= 0.6 is 0 Å². The van der Waals surface area contributed by atoms with Crippen molar-refractivity contribution >= 4 is 11.8 Å². The summed E-state index contributed by atoms with van der Waals surface area (Å²) in [5.41, 5.74) is -0.490. The minimum Gasteiger partial charge on any atom is -0.872 e. The van der Waals surface area contributed by atoms with Gasteiger partial charge in [-0.05, 0) is 25.5 Å². The van der Waals surface area contributed by atoms with Crippen molar-refractivity contribution < 1.29 is 24.2 Å². The Balaban J connectivity index is 3.08. The summed E-state index contributed by atoms with van der Waals surface area (Å²) in [6.45, 7) is 2.89. The number of methoxy groups -OCH3 is 1. The Morgan fingerprint density at radius 3 is 2.30 bits per heavy atom. The van der Waals surface area contributed by atoms with Crippen molar-refractivity contribution in [3.8, 4) is 5.75 Å². The minimum absolute atomic E-state index is 0.335. The molecule has 0 radical (unpaired) electrons. The molecule has 0 aliphatic rings. The minimum atomic E-state index is -0.933. The molecule has 0 saturated heterocycles. The molecule has 0 bridgehead atoms. The fourth-order valence-corrected chi connectivity index (χ4v) is 1.67. The van der Waals surface area contributed by atoms with Gasteiger partial charge in [-0.15, -0.1) is 0 Å². The lowest BCUT2D eigenvalue weighted by atomic mass is 10.1. The monoisotopic (exact) mass is 277 g/mol. The number of carbonyl (C=O) groups is 2. The van der Waals surface area contributed by atoms with Crippen LogP contribution in [0.1, 0.15) is 20.3 Å². The summed E-state index contributed by atoms with van der Waals surface area (Å²) in [5.74, 6) is -1.72. The number of ketones is 1. The number of rotatable bonds is 6. The lowest BCUT2D eigenvalue weighted by Gasteiger charge is -2.26. The summed E-state index contributed by atoms with van der Waals surface area (Å²) in [6, 6.07) is 8.74. The molecule has 108 valence electrons. The van der Waals surface area contributed by atoms with E-state index in [1.54, 1.807) is 31.2 Å². The fraction of sp³-hybridized carbons (Fsp3) is 0.333. The van der Waals surface area contributed by atoms with E-state index in [0.29, 0.717) is 12.2 Å². The maximum absolute atomic E-state index is 12.2. The number of carbonyl (C=O) groups excluding carboxylic acids is 2. The van der Waals surface area contributed by atoms with E-state index in [4.69, 9.17) is 4.74 Å². The molecule has 0 aliphatic heterocycles. The van der Waals surface area contributed by atoms with E-state index in [9.17, 15) is 14.7 Å². The number of ether oxygens (including phenoxy) is 2. The molecular weight excluding hydrogens is 260 g/mol. The van der Waals surface area contributed by atoms with Gasteiger partial charge in [-0.3, -0.25) is 4.79 Å². The van der Waals surface area contributed by atoms with Crippen LogP contribution in [-0.4, -0.2) is 25.0 Å². The van der Waals surface area contributed by atoms with Crippen molar-refractivity contribution in [2.24, 2.45) is 0 Å². The molecule has 1 aromatic rings. The molecule has 0 aromatic heterocycles. The second-order valence-electron chi connectivity index (χ2n) is 4.11. The summed E-state index contributed by atoms with van der Waals surface area (Å²) >= 11 is 0. The van der Waals surface area contributed by atoms with Crippen molar-refractivity contribution in [2.45, 2.75) is 26.4 Å². The van der Waals surface area contributed by atoms with E-state index in [0.717, 1.165) is 14.0 Å². The third-order valence-corrected chi connectivity index (χ3v) is 2.67. The van der Waals surface area contributed by atoms with Crippen LogP contribution in [0.15, 0.2) is 41.7 Å². The summed E-state index contributed by atoms with van der Waals surface area (Å²) in [7, 11) is 1.12. The molecule has 0 amide bonds. The SMILES string of the molecule is CCC(Oc1ccccc1)C([O-])=C(C(C)=O)C(=O)OC. The predicted octanol–water partition coefficient (Wildman–Crippen LogP) is 1.22. The molecule has 0 spiro atoms. The Kier molecular flexibility index (Phi) is 5.77. The lowest BCUT2D eigenvalue weighted by molar-refractivity contribution is -0.319. The third-order valence-electron chi connectivity index (χ3n) is 2.67. The molecule has 20 heavy (non-hydrogen) atoms. The van der Waals surface area contributed by atoms with Gasteiger partial charge < -0.3 is 14.6 Å². The van der Waals surface area contributed by atoms with Gasteiger partial charge in [-0.2, -0.15) is 0 Å². The van der Waals surface area contributed by atoms with Gasteiger partial charge in [-0.25, -0.2) is 4.79 Å². The Morgan fingerprint density at radius 2 is 1.85 bits per heavy atom. The molecule has 5 nitrogen and oxygen atoms in total. The van der Waals surface area contributed by atoms with Crippen LogP contribution < -0.4 is 9.84 Å². The number of esters is 1. The Bertz CT molecular complexity index is 504. The first kappa shape index (κ1) is 15.8. The zero-order valence-corrected chi connectivity index (χ0v) is 11.7. The first-order valence-corrected chi connectivity index (χ1v) is 6.23. The van der Waals surface area contributed by atoms with E-state index in [1.807, 2.05) is 6.07 Å². The molecular formula is C15H17O5-. The molecule has 5 heteroatoms. The number of benzene rings is 1. The van der Waals surface area contributed by atoms with Gasteiger partial charge >= 0.3 is 5.97 Å². The first-order valence-electron chi connectivity index (χ1n) is 6.23. The van der Waals surface area contributed by atoms with Gasteiger partial charge in [0.25, 0.3) is 0 Å². The standard InChI is InChI=1S/C15H18O5/c1-4-12(20-11-8-6-5-7-9-11)14(17)13(10(2)16)15(18)19-3/h5-9,12,17H,4H2,1-3H3/p-1. The molecule has 0 fully saturated rings. The topological polar surface area (TPSA) is 75.7 Å². The normalized spacial score (nSPS) is 13.2. The molecule has 1 rings (SSSR count). The number of hydrogen-bond acceptors (Lipinski definition) is 5. The van der Waals surface area contributed by atoms with Crippen LogP contribution in [0.3, 0.4) is 0 Å². The maximum atomic E-state index is 12.2. The Hall–Kier alpha value is -2.30. The van der Waals surface area contributed by atoms with Crippen LogP contribution in [0.2, 0.25) is 0 Å². The average Bonchev–Trinajstić information content (AvgIpc) is 2.45. The summed E-state index contributed by atoms with van der Waals surface area (Å²) in [6.07, 6.45) is -0.558. The highest BCUT2D eigenvalue weighted by molar-refractivity contribution is 6.16. The number of Topliss-reactive ketones (excluding diaryl/α,β-unsaturated/α-hetero) is 1. The molecule has 1 unspecified atom stereocenters. The molecule has 1 atom stereocenters. The predicted molar refractivity (Wildman–Crippen MR) is 70.9 cm³/mol. The van der Waals surface area contributed by atoms with E-state index >= 15 is 0 Å². The van der Waals surface area contributed by atoms with Crippen molar-refractivity contribution in [1.29, 1.82) is 0 Å². The molecule has 0 saturated carbocycles. The fourth-order valence-electron chi connectivity index (χ4n) is 1.67. The third kappa shape index (κ3) is 3.85. The van der Waals surface area contributed by atoms with Crippen molar-refractivity contribution in [3.63, 3.8) is 0 Å². The largest absolute Gasteiger partial charge is 0.872 e. The van der Waals surface area contributed by atoms with Crippen molar-refractivity contribution in [2.75, 3.05) is 7.11 Å². The Labute approximate surface area is 117 Å². The first-order chi connectivity index (χ1) is 9.51. The van der Waals surface area contributed by atoms with Crippen LogP contribution in [-0.2, 0) is 14.3 Å². The Morgan fingerprint density at radius 1 is 1.25 bits per heavy atom. The maximum Gasteiger partial charge on any atom is 0.340 e. The van der Waals surface area contributed by atoms with Gasteiger partial charge in [0.15, 0.2) is 5.78 Å². The smallest absolute Gasteiger partial charge is 0.340 e. The summed E-state index contributed by atoms with van der Waals surface area (Å²) in [5, 5.41) is 12.2. The highest BCUT2D eigenvalue weighted by atomic mass is 16.5. The van der Waals surface area contributed by atoms with Crippen LogP contribution in [0.25, 0.3) is 0 Å². The highest BCUT2D eigenvalue weighted by Gasteiger charge is 2.20. The summed E-state index contributed by atoms with van der Waals surface area (Å²) in [4.78, 5) is 23.0. The lowest BCUT2D eigenvalue weighted by Crippen LogP contribution is -2.32. The molecule has 0 N–H and O–H groups in total. The van der Waals surface area contributed by atoms with E-state index in [2.05, 4.69) is 4.74 Å². The van der Waals surface area contributed by atoms with Gasteiger partial charge in [0, 0.05) is 0 Å². The molecule has 0 aliphatic carbocycles. The van der Waals surface area contributed by atoms with Gasteiger partial charge in [-0.1, -0.05) is 30.9 Å². The average molecular weight is 277 g/mol. The van der Waals surface area contributed by atoms with E-state index in [1.165, 1.54) is 0 Å². The van der Waals surface area contributed by atoms with Crippen LogP contribution in [0.5, 0.6) is 5.75 Å². The van der Waals surface area contributed by atoms with Gasteiger partial charge in [0.1, 0.15) is 11.9 Å². The van der Waals surface area contributed by atoms with Crippen molar-refractivity contribution in [1.82, 2.24) is 0 Å². The highest BCUT2D eigenvalue weighted by Crippen LogP contribution is 2.18. The van der Waals surface area contributed by atoms with Crippen molar-refractivity contribution in [3.05, 3.63) is 41.7 Å². The van der Waals surface area contributed by atoms with E-state index < -0.39 is 29.2 Å². The number of para-hydroxylation sites is 1. The molecule has 0 heterocycles. The van der Waals surface area contributed by atoms with Crippen LogP contribution in [0.4, 0.5) is 0 Å². The van der Waals surface area contributed by atoms with Gasteiger partial charge in [0.05, 0.1) is 12.7 Å². The quantitative estimate of drug-likeness (QED) is 0.257. The van der Waals surface area contributed by atoms with Crippen LogP contribution in [0, 0.1) is 0 Å². The number of hydrogen-bond donors (Lipinski definition) is 0.